The van der Waals surface area contributed by atoms with Crippen molar-refractivity contribution in [2.24, 2.45) is 0 Å². The fraction of sp³-hybridized carbons (Fsp3) is 1.00. The van der Waals surface area contributed by atoms with Crippen molar-refractivity contribution in [3.05, 3.63) is 0 Å². The molecule has 0 bridgehead atoms. The SMILES string of the molecule is CCCNC1(C(F)F)CCN2CCCC2C1. The summed E-state index contributed by atoms with van der Waals surface area (Å²) in [6, 6.07) is 0.395. The van der Waals surface area contributed by atoms with Crippen molar-refractivity contribution in [1.29, 1.82) is 0 Å². The van der Waals surface area contributed by atoms with Crippen LogP contribution in [0.5, 0.6) is 0 Å². The third-order valence-corrected chi connectivity index (χ3v) is 4.09. The second-order valence-corrected chi connectivity index (χ2v) is 5.17. The number of piperidine rings is 1. The molecular weight excluding hydrogens is 210 g/mol. The molecule has 0 aromatic heterocycles. The predicted octanol–water partition coefficient (Wildman–Crippen LogP) is 2.25. The van der Waals surface area contributed by atoms with Gasteiger partial charge in [0.2, 0.25) is 0 Å². The summed E-state index contributed by atoms with van der Waals surface area (Å²) in [5.41, 5.74) is -0.901. The largest absolute Gasteiger partial charge is 0.306 e. The Labute approximate surface area is 96.4 Å². The summed E-state index contributed by atoms with van der Waals surface area (Å²) in [5.74, 6) is 0. The van der Waals surface area contributed by atoms with Crippen molar-refractivity contribution < 1.29 is 8.78 Å². The van der Waals surface area contributed by atoms with Crippen LogP contribution >= 0.6 is 0 Å². The van der Waals surface area contributed by atoms with E-state index in [0.29, 0.717) is 25.4 Å². The van der Waals surface area contributed by atoms with E-state index in [1.165, 1.54) is 6.42 Å². The van der Waals surface area contributed by atoms with Gasteiger partial charge in [-0.3, -0.25) is 0 Å². The zero-order chi connectivity index (χ0) is 11.6. The molecule has 2 saturated heterocycles. The molecule has 0 spiro atoms. The Morgan fingerprint density at radius 2 is 2.25 bits per heavy atom. The van der Waals surface area contributed by atoms with Crippen LogP contribution < -0.4 is 5.32 Å². The Morgan fingerprint density at radius 3 is 2.94 bits per heavy atom. The lowest BCUT2D eigenvalue weighted by molar-refractivity contribution is -0.0222. The lowest BCUT2D eigenvalue weighted by Crippen LogP contribution is -2.59. The summed E-state index contributed by atoms with van der Waals surface area (Å²) in [4.78, 5) is 2.38. The number of rotatable bonds is 4. The molecule has 0 aromatic carbocycles. The van der Waals surface area contributed by atoms with Gasteiger partial charge in [-0.15, -0.1) is 0 Å². The van der Waals surface area contributed by atoms with Gasteiger partial charge in [0.25, 0.3) is 6.43 Å². The summed E-state index contributed by atoms with van der Waals surface area (Å²) < 4.78 is 26.6. The Bertz CT molecular complexity index is 235. The maximum atomic E-state index is 13.3. The monoisotopic (exact) mass is 232 g/mol. The molecule has 2 heterocycles. The number of nitrogens with zero attached hydrogens (tertiary/aromatic N) is 1. The highest BCUT2D eigenvalue weighted by Gasteiger charge is 2.46. The van der Waals surface area contributed by atoms with E-state index < -0.39 is 12.0 Å². The van der Waals surface area contributed by atoms with Crippen molar-refractivity contribution >= 4 is 0 Å². The molecule has 2 aliphatic heterocycles. The first-order valence-electron chi connectivity index (χ1n) is 6.45. The van der Waals surface area contributed by atoms with Crippen LogP contribution in [-0.2, 0) is 0 Å². The summed E-state index contributed by atoms with van der Waals surface area (Å²) >= 11 is 0. The zero-order valence-corrected chi connectivity index (χ0v) is 10.0. The predicted molar refractivity (Wildman–Crippen MR) is 60.9 cm³/mol. The molecule has 4 heteroatoms. The minimum Gasteiger partial charge on any atom is -0.306 e. The molecule has 2 fully saturated rings. The van der Waals surface area contributed by atoms with Crippen molar-refractivity contribution in [2.75, 3.05) is 19.6 Å². The first kappa shape index (κ1) is 12.2. The Kier molecular flexibility index (Phi) is 3.80. The topological polar surface area (TPSA) is 15.3 Å². The molecule has 2 aliphatic rings. The highest BCUT2D eigenvalue weighted by molar-refractivity contribution is 5.01. The van der Waals surface area contributed by atoms with Crippen LogP contribution in [-0.4, -0.2) is 42.5 Å². The standard InChI is InChI=1S/C12H22F2N2/c1-2-6-15-12(11(13)14)5-8-16-7-3-4-10(16)9-12/h10-11,15H,2-9H2,1H3. The fourth-order valence-electron chi connectivity index (χ4n) is 3.10. The van der Waals surface area contributed by atoms with E-state index in [2.05, 4.69) is 10.2 Å². The van der Waals surface area contributed by atoms with E-state index >= 15 is 0 Å². The van der Waals surface area contributed by atoms with Crippen molar-refractivity contribution in [3.8, 4) is 0 Å². The van der Waals surface area contributed by atoms with Crippen molar-refractivity contribution in [2.45, 2.75) is 57.0 Å². The fourth-order valence-corrected chi connectivity index (χ4v) is 3.10. The van der Waals surface area contributed by atoms with Crippen LogP contribution in [0.1, 0.15) is 39.0 Å². The van der Waals surface area contributed by atoms with E-state index in [1.54, 1.807) is 0 Å². The van der Waals surface area contributed by atoms with Gasteiger partial charge in [-0.05, 0) is 45.2 Å². The molecule has 0 saturated carbocycles. The Morgan fingerprint density at radius 1 is 1.44 bits per heavy atom. The highest BCUT2D eigenvalue weighted by atomic mass is 19.3. The molecule has 0 aromatic rings. The molecule has 94 valence electrons. The molecule has 16 heavy (non-hydrogen) atoms. The summed E-state index contributed by atoms with van der Waals surface area (Å²) in [6.45, 7) is 4.68. The summed E-state index contributed by atoms with van der Waals surface area (Å²) in [5, 5.41) is 3.12. The highest BCUT2D eigenvalue weighted by Crippen LogP contribution is 2.36. The number of halogens is 2. The van der Waals surface area contributed by atoms with Gasteiger partial charge in [0, 0.05) is 12.6 Å². The minimum absolute atomic E-state index is 0.395. The lowest BCUT2D eigenvalue weighted by Gasteiger charge is -2.44. The first-order valence-corrected chi connectivity index (χ1v) is 6.45. The van der Waals surface area contributed by atoms with Gasteiger partial charge in [0.1, 0.15) is 0 Å². The third kappa shape index (κ3) is 2.23. The van der Waals surface area contributed by atoms with Crippen molar-refractivity contribution in [3.63, 3.8) is 0 Å². The quantitative estimate of drug-likeness (QED) is 0.799. The number of nitrogens with one attached hydrogen (secondary N) is 1. The van der Waals surface area contributed by atoms with Crippen LogP contribution in [0.4, 0.5) is 8.78 Å². The smallest absolute Gasteiger partial charge is 0.256 e. The van der Waals surface area contributed by atoms with E-state index in [0.717, 1.165) is 25.9 Å². The van der Waals surface area contributed by atoms with Crippen molar-refractivity contribution in [1.82, 2.24) is 10.2 Å². The molecule has 0 radical (unpaired) electrons. The van der Waals surface area contributed by atoms with Gasteiger partial charge in [0.15, 0.2) is 0 Å². The van der Waals surface area contributed by atoms with Gasteiger partial charge in [0.05, 0.1) is 5.54 Å². The Balaban J connectivity index is 2.02. The van der Waals surface area contributed by atoms with Crippen LogP contribution in [0.25, 0.3) is 0 Å². The summed E-state index contributed by atoms with van der Waals surface area (Å²) in [6.07, 6.45) is 2.19. The number of hydrogen-bond donors (Lipinski definition) is 1. The van der Waals surface area contributed by atoms with Gasteiger partial charge >= 0.3 is 0 Å². The molecule has 2 rings (SSSR count). The van der Waals surface area contributed by atoms with E-state index in [1.807, 2.05) is 6.92 Å². The molecule has 2 nitrogen and oxygen atoms in total. The number of alkyl halides is 2. The number of fused-ring (bicyclic) bond motifs is 1. The molecular formula is C12H22F2N2. The van der Waals surface area contributed by atoms with Gasteiger partial charge in [-0.25, -0.2) is 8.78 Å². The average Bonchev–Trinajstić information content (AvgIpc) is 2.72. The lowest BCUT2D eigenvalue weighted by atomic mass is 9.83. The molecule has 2 atom stereocenters. The van der Waals surface area contributed by atoms with Crippen LogP contribution in [0.2, 0.25) is 0 Å². The molecule has 1 N–H and O–H groups in total. The first-order chi connectivity index (χ1) is 7.68. The van der Waals surface area contributed by atoms with Crippen LogP contribution in [0, 0.1) is 0 Å². The average molecular weight is 232 g/mol. The van der Waals surface area contributed by atoms with E-state index in [-0.39, 0.29) is 0 Å². The van der Waals surface area contributed by atoms with Crippen LogP contribution in [0.3, 0.4) is 0 Å². The molecule has 0 amide bonds. The van der Waals surface area contributed by atoms with Gasteiger partial charge < -0.3 is 10.2 Å². The molecule has 2 unspecified atom stereocenters. The second kappa shape index (κ2) is 4.96. The zero-order valence-electron chi connectivity index (χ0n) is 10.0. The third-order valence-electron chi connectivity index (χ3n) is 4.09. The Hall–Kier alpha value is -0.220. The van der Waals surface area contributed by atoms with Gasteiger partial charge in [-0.2, -0.15) is 0 Å². The number of hydrogen-bond acceptors (Lipinski definition) is 2. The minimum atomic E-state index is -2.23. The summed E-state index contributed by atoms with van der Waals surface area (Å²) in [7, 11) is 0. The second-order valence-electron chi connectivity index (χ2n) is 5.17. The maximum absolute atomic E-state index is 13.3. The normalized spacial score (nSPS) is 35.6. The van der Waals surface area contributed by atoms with E-state index in [4.69, 9.17) is 0 Å². The van der Waals surface area contributed by atoms with E-state index in [9.17, 15) is 8.78 Å². The van der Waals surface area contributed by atoms with Gasteiger partial charge in [-0.1, -0.05) is 6.92 Å². The van der Waals surface area contributed by atoms with Crippen LogP contribution in [0.15, 0.2) is 0 Å². The maximum Gasteiger partial charge on any atom is 0.256 e. The molecule has 0 aliphatic carbocycles.